The van der Waals surface area contributed by atoms with E-state index >= 15 is 0 Å². The van der Waals surface area contributed by atoms with Crippen molar-refractivity contribution < 1.29 is 14.6 Å². The van der Waals surface area contributed by atoms with Crippen LogP contribution in [0.4, 0.5) is 0 Å². The summed E-state index contributed by atoms with van der Waals surface area (Å²) in [5.41, 5.74) is 1.55. The van der Waals surface area contributed by atoms with E-state index in [4.69, 9.17) is 4.74 Å². The van der Waals surface area contributed by atoms with Crippen molar-refractivity contribution in [1.82, 2.24) is 0 Å². The van der Waals surface area contributed by atoms with Crippen molar-refractivity contribution in [2.45, 2.75) is 26.7 Å². The molecule has 0 unspecified atom stereocenters. The Kier molecular flexibility index (Phi) is 5.27. The van der Waals surface area contributed by atoms with E-state index in [1.807, 2.05) is 6.92 Å². The third kappa shape index (κ3) is 4.31. The topological polar surface area (TPSA) is 46.5 Å². The normalized spacial score (nSPS) is 11.3. The van der Waals surface area contributed by atoms with Crippen molar-refractivity contribution >= 4 is 12.0 Å². The highest BCUT2D eigenvalue weighted by Gasteiger charge is 2.09. The molecule has 3 heteroatoms. The summed E-state index contributed by atoms with van der Waals surface area (Å²) < 4.78 is 5.00. The molecule has 1 rings (SSSR count). The minimum atomic E-state index is -0.262. The van der Waals surface area contributed by atoms with Crippen molar-refractivity contribution in [3.8, 4) is 5.75 Å². The first-order valence-corrected chi connectivity index (χ1v) is 5.84. The predicted molar refractivity (Wildman–Crippen MR) is 67.6 cm³/mol. The number of aromatic hydroxyl groups is 1. The molecule has 17 heavy (non-hydrogen) atoms. The van der Waals surface area contributed by atoms with E-state index in [0.29, 0.717) is 18.6 Å². The second-order valence-corrected chi connectivity index (χ2v) is 3.73. The van der Waals surface area contributed by atoms with E-state index < -0.39 is 0 Å². The first kappa shape index (κ1) is 13.3. The number of carbonyl (C=O) groups excluding carboxylic acids is 1. The number of esters is 1. The molecule has 0 atom stereocenters. The van der Waals surface area contributed by atoms with Crippen LogP contribution in [0, 0.1) is 0 Å². The van der Waals surface area contributed by atoms with Gasteiger partial charge in [0, 0.05) is 5.57 Å². The molecule has 0 fully saturated rings. The third-order valence-electron chi connectivity index (χ3n) is 2.29. The van der Waals surface area contributed by atoms with Crippen LogP contribution in [0.3, 0.4) is 0 Å². The molecule has 1 aromatic carbocycles. The zero-order chi connectivity index (χ0) is 12.7. The van der Waals surface area contributed by atoms with Gasteiger partial charge in [0.15, 0.2) is 0 Å². The largest absolute Gasteiger partial charge is 0.508 e. The van der Waals surface area contributed by atoms with Crippen molar-refractivity contribution in [2.75, 3.05) is 6.61 Å². The molecule has 1 aromatic rings. The van der Waals surface area contributed by atoms with E-state index in [1.165, 1.54) is 0 Å². The summed E-state index contributed by atoms with van der Waals surface area (Å²) in [6.07, 6.45) is 3.39. The third-order valence-corrected chi connectivity index (χ3v) is 2.29. The van der Waals surface area contributed by atoms with Gasteiger partial charge < -0.3 is 9.84 Å². The van der Waals surface area contributed by atoms with Crippen LogP contribution in [0.2, 0.25) is 0 Å². The number of carbonyl (C=O) groups is 1. The summed E-state index contributed by atoms with van der Waals surface area (Å²) >= 11 is 0. The minimum absolute atomic E-state index is 0.218. The second kappa shape index (κ2) is 6.74. The summed E-state index contributed by atoms with van der Waals surface area (Å²) in [7, 11) is 0. The van der Waals surface area contributed by atoms with Crippen molar-refractivity contribution in [2.24, 2.45) is 0 Å². The van der Waals surface area contributed by atoms with Crippen molar-refractivity contribution in [3.63, 3.8) is 0 Å². The summed E-state index contributed by atoms with van der Waals surface area (Å²) in [5.74, 6) is -0.0437. The molecule has 0 aliphatic rings. The molecule has 0 heterocycles. The molecule has 3 nitrogen and oxygen atoms in total. The van der Waals surface area contributed by atoms with Crippen LogP contribution < -0.4 is 0 Å². The Labute approximate surface area is 102 Å². The van der Waals surface area contributed by atoms with Gasteiger partial charge in [-0.3, -0.25) is 0 Å². The van der Waals surface area contributed by atoms with Crippen LogP contribution in [-0.4, -0.2) is 17.7 Å². The van der Waals surface area contributed by atoms with Gasteiger partial charge in [0.1, 0.15) is 5.75 Å². The van der Waals surface area contributed by atoms with Gasteiger partial charge in [-0.1, -0.05) is 25.5 Å². The summed E-state index contributed by atoms with van der Waals surface area (Å²) in [6, 6.07) is 6.73. The van der Waals surface area contributed by atoms with Crippen LogP contribution in [0.15, 0.2) is 29.8 Å². The number of phenolic OH excluding ortho intramolecular Hbond substituents is 1. The number of hydrogen-bond acceptors (Lipinski definition) is 3. The zero-order valence-corrected chi connectivity index (χ0v) is 10.3. The van der Waals surface area contributed by atoms with Crippen LogP contribution in [0.25, 0.3) is 6.08 Å². The summed E-state index contributed by atoms with van der Waals surface area (Å²) in [6.45, 7) is 4.20. The number of rotatable bonds is 5. The Morgan fingerprint density at radius 2 is 1.94 bits per heavy atom. The lowest BCUT2D eigenvalue weighted by atomic mass is 10.1. The molecule has 0 aliphatic carbocycles. The molecule has 0 radical (unpaired) electrons. The fourth-order valence-corrected chi connectivity index (χ4v) is 1.50. The lowest BCUT2D eigenvalue weighted by Gasteiger charge is -2.05. The lowest BCUT2D eigenvalue weighted by molar-refractivity contribution is -0.138. The summed E-state index contributed by atoms with van der Waals surface area (Å²) in [4.78, 5) is 11.7. The highest BCUT2D eigenvalue weighted by Crippen LogP contribution is 2.16. The van der Waals surface area contributed by atoms with E-state index in [0.717, 1.165) is 12.0 Å². The standard InChI is InChI=1S/C14H18O3/c1-3-5-12(14(16)17-4-2)10-11-6-8-13(15)9-7-11/h6-10,15H,3-5H2,1-2H3. The quantitative estimate of drug-likeness (QED) is 0.629. The van der Waals surface area contributed by atoms with E-state index in [2.05, 4.69) is 0 Å². The van der Waals surface area contributed by atoms with E-state index in [1.54, 1.807) is 37.3 Å². The monoisotopic (exact) mass is 234 g/mol. The van der Waals surface area contributed by atoms with Gasteiger partial charge in [0.05, 0.1) is 6.61 Å². The van der Waals surface area contributed by atoms with E-state index in [-0.39, 0.29) is 11.7 Å². The van der Waals surface area contributed by atoms with Crippen LogP contribution >= 0.6 is 0 Å². The molecule has 0 spiro atoms. The van der Waals surface area contributed by atoms with Gasteiger partial charge in [-0.05, 0) is 37.1 Å². The van der Waals surface area contributed by atoms with Gasteiger partial charge in [-0.25, -0.2) is 4.79 Å². The van der Waals surface area contributed by atoms with Gasteiger partial charge in [0.2, 0.25) is 0 Å². The number of hydrogen-bond donors (Lipinski definition) is 1. The average Bonchev–Trinajstić information content (AvgIpc) is 2.31. The molecule has 0 aromatic heterocycles. The second-order valence-electron chi connectivity index (χ2n) is 3.73. The fourth-order valence-electron chi connectivity index (χ4n) is 1.50. The minimum Gasteiger partial charge on any atom is -0.508 e. The zero-order valence-electron chi connectivity index (χ0n) is 10.3. The molecular weight excluding hydrogens is 216 g/mol. The molecule has 0 saturated heterocycles. The molecule has 1 N–H and O–H groups in total. The smallest absolute Gasteiger partial charge is 0.334 e. The average molecular weight is 234 g/mol. The Morgan fingerprint density at radius 3 is 2.47 bits per heavy atom. The maximum Gasteiger partial charge on any atom is 0.334 e. The molecule has 0 bridgehead atoms. The molecule has 0 aliphatic heterocycles. The van der Waals surface area contributed by atoms with Crippen molar-refractivity contribution in [3.05, 3.63) is 35.4 Å². The van der Waals surface area contributed by atoms with Crippen molar-refractivity contribution in [1.29, 1.82) is 0 Å². The summed E-state index contributed by atoms with van der Waals surface area (Å²) in [5, 5.41) is 9.18. The maximum absolute atomic E-state index is 11.7. The van der Waals surface area contributed by atoms with E-state index in [9.17, 15) is 9.90 Å². The number of ether oxygens (including phenoxy) is 1. The van der Waals surface area contributed by atoms with Gasteiger partial charge >= 0.3 is 5.97 Å². The predicted octanol–water partition coefficient (Wildman–Crippen LogP) is 3.14. The first-order valence-electron chi connectivity index (χ1n) is 5.84. The SMILES string of the molecule is CCCC(=Cc1ccc(O)cc1)C(=O)OCC. The Bertz CT molecular complexity index is 390. The van der Waals surface area contributed by atoms with Gasteiger partial charge in [0.25, 0.3) is 0 Å². The van der Waals surface area contributed by atoms with Gasteiger partial charge in [-0.2, -0.15) is 0 Å². The maximum atomic E-state index is 11.7. The Balaban J connectivity index is 2.89. The molecular formula is C14H18O3. The van der Waals surface area contributed by atoms with Crippen LogP contribution in [0.1, 0.15) is 32.3 Å². The van der Waals surface area contributed by atoms with Crippen LogP contribution in [-0.2, 0) is 9.53 Å². The number of phenols is 1. The highest BCUT2D eigenvalue weighted by atomic mass is 16.5. The molecule has 92 valence electrons. The first-order chi connectivity index (χ1) is 8.17. The molecule has 0 amide bonds. The van der Waals surface area contributed by atoms with Gasteiger partial charge in [-0.15, -0.1) is 0 Å². The lowest BCUT2D eigenvalue weighted by Crippen LogP contribution is -2.07. The fraction of sp³-hybridized carbons (Fsp3) is 0.357. The van der Waals surface area contributed by atoms with Crippen LogP contribution in [0.5, 0.6) is 5.75 Å². The Morgan fingerprint density at radius 1 is 1.29 bits per heavy atom. The number of benzene rings is 1. The highest BCUT2D eigenvalue weighted by molar-refractivity contribution is 5.93. The Hall–Kier alpha value is -1.77. The molecule has 0 saturated carbocycles.